The first-order valence-corrected chi connectivity index (χ1v) is 7.53. The fraction of sp³-hybridized carbons (Fsp3) is 0.556. The number of imidazole rings is 1. The lowest BCUT2D eigenvalue weighted by atomic mass is 10.1. The summed E-state index contributed by atoms with van der Waals surface area (Å²) in [5.41, 5.74) is 4.51. The molecule has 0 bridgehead atoms. The molecule has 21 heavy (non-hydrogen) atoms. The maximum atomic E-state index is 11.0. The molecule has 1 aromatic rings. The number of hydrogen-bond donors (Lipinski definition) is 6. The lowest BCUT2D eigenvalue weighted by molar-refractivity contribution is -0.0356. The highest BCUT2D eigenvalue weighted by Crippen LogP contribution is 2.41. The van der Waals surface area contributed by atoms with E-state index in [2.05, 4.69) is 4.98 Å². The molecule has 1 aromatic heterocycles. The number of rotatable bonds is 4. The molecule has 0 radical (unpaired) electrons. The van der Waals surface area contributed by atoms with Crippen molar-refractivity contribution in [2.75, 3.05) is 6.16 Å². The predicted molar refractivity (Wildman–Crippen MR) is 65.2 cm³/mol. The summed E-state index contributed by atoms with van der Waals surface area (Å²) in [5.74, 6) is -1.69. The first-order valence-electron chi connectivity index (χ1n) is 5.73. The number of amides is 1. The van der Waals surface area contributed by atoms with Crippen LogP contribution >= 0.6 is 7.60 Å². The third kappa shape index (κ3) is 3.07. The van der Waals surface area contributed by atoms with Gasteiger partial charge in [-0.05, 0) is 0 Å². The van der Waals surface area contributed by atoms with E-state index in [1.54, 1.807) is 0 Å². The Kier molecular flexibility index (Phi) is 4.06. The molecule has 2 rings (SSSR count). The molecular formula is C9H14N3O8P. The maximum Gasteiger partial charge on any atom is 0.328 e. The van der Waals surface area contributed by atoms with Gasteiger partial charge in [0.1, 0.15) is 24.6 Å². The summed E-state index contributed by atoms with van der Waals surface area (Å²) in [6, 6.07) is 0. The molecule has 118 valence electrons. The quantitative estimate of drug-likeness (QED) is 0.325. The summed E-state index contributed by atoms with van der Waals surface area (Å²) in [5, 5.41) is 29.3. The molecule has 1 fully saturated rings. The first kappa shape index (κ1) is 15.9. The van der Waals surface area contributed by atoms with Crippen LogP contribution in [0.2, 0.25) is 0 Å². The lowest BCUT2D eigenvalue weighted by Crippen LogP contribution is -2.33. The molecule has 1 unspecified atom stereocenters. The molecule has 12 heteroatoms. The second-order valence-corrected chi connectivity index (χ2v) is 6.28. The number of aromatic nitrogens is 2. The van der Waals surface area contributed by atoms with Gasteiger partial charge in [-0.3, -0.25) is 13.9 Å². The normalized spacial score (nSPS) is 29.7. The molecule has 0 aromatic carbocycles. The summed E-state index contributed by atoms with van der Waals surface area (Å²) < 4.78 is 16.9. The van der Waals surface area contributed by atoms with E-state index in [4.69, 9.17) is 20.3 Å². The van der Waals surface area contributed by atoms with Gasteiger partial charge in [0.25, 0.3) is 5.91 Å². The number of aliphatic hydroxyl groups is 2. The standard InChI is InChI=1S/C9H14N3O8P/c10-7(15)4-8(16)12(2-11-4)9-6(14)5(13)3(20-9)1-21(17,18)19/h2-3,5-6,9,13-14,16H,1H2,(H2,10,15)(H2,17,18,19)/t3-,5+,6?,9-/m1/s1. The SMILES string of the molecule is NC(=O)c1ncn([C@@H]2O[C@H](CP(=O)(O)O)[C@H](O)C2O)c1O. The number of primary amides is 1. The third-order valence-corrected chi connectivity index (χ3v) is 3.87. The Morgan fingerprint density at radius 1 is 1.43 bits per heavy atom. The van der Waals surface area contributed by atoms with E-state index < -0.39 is 55.8 Å². The van der Waals surface area contributed by atoms with Crippen LogP contribution in [0.4, 0.5) is 0 Å². The molecule has 1 aliphatic heterocycles. The number of hydrogen-bond acceptors (Lipinski definition) is 7. The van der Waals surface area contributed by atoms with Crippen molar-refractivity contribution >= 4 is 13.5 Å². The number of carbonyl (C=O) groups excluding carboxylic acids is 1. The van der Waals surface area contributed by atoms with Gasteiger partial charge in [0.05, 0.1) is 6.16 Å². The van der Waals surface area contributed by atoms with E-state index in [1.165, 1.54) is 0 Å². The molecular weight excluding hydrogens is 309 g/mol. The molecule has 0 spiro atoms. The van der Waals surface area contributed by atoms with Gasteiger partial charge in [-0.25, -0.2) is 4.98 Å². The fourth-order valence-corrected chi connectivity index (χ4v) is 2.83. The topological polar surface area (TPSA) is 188 Å². The molecule has 1 saturated heterocycles. The molecule has 7 N–H and O–H groups in total. The van der Waals surface area contributed by atoms with E-state index in [0.29, 0.717) is 0 Å². The van der Waals surface area contributed by atoms with Crippen molar-refractivity contribution < 1.29 is 39.2 Å². The summed E-state index contributed by atoms with van der Waals surface area (Å²) in [7, 11) is -4.48. The minimum atomic E-state index is -4.48. The Hall–Kier alpha value is -1.49. The van der Waals surface area contributed by atoms with E-state index >= 15 is 0 Å². The minimum Gasteiger partial charge on any atom is -0.493 e. The van der Waals surface area contributed by atoms with Gasteiger partial charge in [0.15, 0.2) is 11.9 Å². The van der Waals surface area contributed by atoms with Crippen LogP contribution in [0.15, 0.2) is 6.33 Å². The van der Waals surface area contributed by atoms with E-state index in [1.807, 2.05) is 0 Å². The number of aliphatic hydroxyl groups excluding tert-OH is 2. The van der Waals surface area contributed by atoms with Gasteiger partial charge in [-0.1, -0.05) is 0 Å². The smallest absolute Gasteiger partial charge is 0.328 e. The van der Waals surface area contributed by atoms with Crippen molar-refractivity contribution in [2.45, 2.75) is 24.5 Å². The Morgan fingerprint density at radius 3 is 2.52 bits per heavy atom. The lowest BCUT2D eigenvalue weighted by Gasteiger charge is -2.16. The third-order valence-electron chi connectivity index (χ3n) is 3.03. The van der Waals surface area contributed by atoms with Crippen LogP contribution in [0.5, 0.6) is 5.88 Å². The van der Waals surface area contributed by atoms with Gasteiger partial charge < -0.3 is 35.6 Å². The fourth-order valence-electron chi connectivity index (χ4n) is 2.06. The second-order valence-electron chi connectivity index (χ2n) is 4.58. The van der Waals surface area contributed by atoms with E-state index in [0.717, 1.165) is 10.9 Å². The average molecular weight is 323 g/mol. The molecule has 2 heterocycles. The van der Waals surface area contributed by atoms with Crippen LogP contribution in [0, 0.1) is 0 Å². The maximum absolute atomic E-state index is 11.0. The first-order chi connectivity index (χ1) is 9.61. The molecule has 0 aliphatic carbocycles. The average Bonchev–Trinajstić information content (AvgIpc) is 2.83. The van der Waals surface area contributed by atoms with Crippen molar-refractivity contribution in [3.05, 3.63) is 12.0 Å². The van der Waals surface area contributed by atoms with Crippen LogP contribution in [-0.2, 0) is 9.30 Å². The van der Waals surface area contributed by atoms with Gasteiger partial charge in [-0.15, -0.1) is 0 Å². The van der Waals surface area contributed by atoms with Crippen LogP contribution < -0.4 is 5.73 Å². The van der Waals surface area contributed by atoms with Gasteiger partial charge in [0, 0.05) is 0 Å². The summed E-state index contributed by atoms with van der Waals surface area (Å²) in [6.07, 6.45) is -5.72. The molecule has 1 amide bonds. The van der Waals surface area contributed by atoms with Gasteiger partial charge in [-0.2, -0.15) is 0 Å². The zero-order valence-electron chi connectivity index (χ0n) is 10.5. The summed E-state index contributed by atoms with van der Waals surface area (Å²) in [6.45, 7) is 0. The molecule has 4 atom stereocenters. The molecule has 11 nitrogen and oxygen atoms in total. The van der Waals surface area contributed by atoms with E-state index in [-0.39, 0.29) is 0 Å². The van der Waals surface area contributed by atoms with Crippen LogP contribution in [0.1, 0.15) is 16.7 Å². The van der Waals surface area contributed by atoms with Gasteiger partial charge in [0.2, 0.25) is 5.88 Å². The highest BCUT2D eigenvalue weighted by molar-refractivity contribution is 7.51. The molecule has 0 saturated carbocycles. The Bertz CT molecular complexity index is 598. The number of ether oxygens (including phenoxy) is 1. The Morgan fingerprint density at radius 2 is 2.05 bits per heavy atom. The highest BCUT2D eigenvalue weighted by Gasteiger charge is 2.46. The van der Waals surface area contributed by atoms with Crippen molar-refractivity contribution in [1.29, 1.82) is 0 Å². The van der Waals surface area contributed by atoms with Crippen molar-refractivity contribution in [3.63, 3.8) is 0 Å². The molecule has 1 aliphatic rings. The number of nitrogens with zero attached hydrogens (tertiary/aromatic N) is 2. The van der Waals surface area contributed by atoms with Crippen LogP contribution in [0.25, 0.3) is 0 Å². The highest BCUT2D eigenvalue weighted by atomic mass is 31.2. The zero-order chi connectivity index (χ0) is 15.9. The number of carbonyl (C=O) groups is 1. The number of nitrogens with two attached hydrogens (primary N) is 1. The minimum absolute atomic E-state index is 0.460. The summed E-state index contributed by atoms with van der Waals surface area (Å²) in [4.78, 5) is 32.3. The Balaban J connectivity index is 2.26. The zero-order valence-corrected chi connectivity index (χ0v) is 11.4. The van der Waals surface area contributed by atoms with Crippen molar-refractivity contribution in [1.82, 2.24) is 9.55 Å². The van der Waals surface area contributed by atoms with Gasteiger partial charge >= 0.3 is 7.60 Å². The Labute approximate surface area is 117 Å². The van der Waals surface area contributed by atoms with Crippen LogP contribution in [0.3, 0.4) is 0 Å². The summed E-state index contributed by atoms with van der Waals surface area (Å²) >= 11 is 0. The van der Waals surface area contributed by atoms with Crippen molar-refractivity contribution in [2.24, 2.45) is 5.73 Å². The monoisotopic (exact) mass is 323 g/mol. The largest absolute Gasteiger partial charge is 0.493 e. The van der Waals surface area contributed by atoms with Crippen molar-refractivity contribution in [3.8, 4) is 5.88 Å². The second kappa shape index (κ2) is 5.37. The predicted octanol–water partition coefficient (Wildman–Crippen LogP) is -2.52. The van der Waals surface area contributed by atoms with Crippen LogP contribution in [-0.4, -0.2) is 65.0 Å². The van der Waals surface area contributed by atoms with E-state index in [9.17, 15) is 24.7 Å². The number of aromatic hydroxyl groups is 1.